The van der Waals surface area contributed by atoms with Crippen molar-refractivity contribution in [3.8, 4) is 0 Å². The van der Waals surface area contributed by atoms with Crippen LogP contribution in [0.4, 0.5) is 11.4 Å². The van der Waals surface area contributed by atoms with Crippen LogP contribution < -0.4 is 10.6 Å². The van der Waals surface area contributed by atoms with Crippen molar-refractivity contribution in [2.45, 2.75) is 18.9 Å². The lowest BCUT2D eigenvalue weighted by atomic mass is 10.1. The van der Waals surface area contributed by atoms with E-state index in [1.54, 1.807) is 24.5 Å². The van der Waals surface area contributed by atoms with Gasteiger partial charge in [-0.25, -0.2) is 0 Å². The van der Waals surface area contributed by atoms with E-state index in [1.807, 2.05) is 24.3 Å². The number of pyridine rings is 1. The van der Waals surface area contributed by atoms with Gasteiger partial charge in [-0.1, -0.05) is 0 Å². The van der Waals surface area contributed by atoms with Gasteiger partial charge in [-0.2, -0.15) is 0 Å². The Morgan fingerprint density at radius 1 is 1.09 bits per heavy atom. The van der Waals surface area contributed by atoms with E-state index in [9.17, 15) is 4.79 Å². The average molecular weight is 297 g/mol. The molecule has 1 aliphatic rings. The van der Waals surface area contributed by atoms with Crippen molar-refractivity contribution < 1.29 is 9.53 Å². The first-order chi connectivity index (χ1) is 10.8. The Balaban J connectivity index is 1.58. The maximum absolute atomic E-state index is 12.0. The third kappa shape index (κ3) is 3.83. The number of amides is 1. The summed E-state index contributed by atoms with van der Waals surface area (Å²) >= 11 is 0. The molecule has 0 aliphatic carbocycles. The first-order valence-corrected chi connectivity index (χ1v) is 7.47. The second-order valence-electron chi connectivity index (χ2n) is 5.30. The van der Waals surface area contributed by atoms with Crippen LogP contribution in [0, 0.1) is 0 Å². The molecule has 1 saturated heterocycles. The van der Waals surface area contributed by atoms with E-state index in [2.05, 4.69) is 15.6 Å². The highest BCUT2D eigenvalue weighted by Gasteiger charge is 2.13. The summed E-state index contributed by atoms with van der Waals surface area (Å²) in [4.78, 5) is 16.0. The lowest BCUT2D eigenvalue weighted by Gasteiger charge is -2.24. The van der Waals surface area contributed by atoms with Crippen molar-refractivity contribution in [2.75, 3.05) is 23.8 Å². The van der Waals surface area contributed by atoms with E-state index >= 15 is 0 Å². The number of hydrogen-bond donors (Lipinski definition) is 2. The summed E-state index contributed by atoms with van der Waals surface area (Å²) in [5.74, 6) is -0.154. The maximum atomic E-state index is 12.0. The number of rotatable bonds is 4. The number of benzene rings is 1. The maximum Gasteiger partial charge on any atom is 0.257 e. The largest absolute Gasteiger partial charge is 0.382 e. The molecule has 0 spiro atoms. The standard InChI is InChI=1S/C17H19N3O2/c21-17(13-2-1-9-18-12-13)20-15-5-3-14(4-6-15)19-16-7-10-22-11-8-16/h1-6,9,12,16,19H,7-8,10-11H2,(H,20,21). The molecule has 0 bridgehead atoms. The number of anilines is 2. The molecule has 1 aromatic carbocycles. The van der Waals surface area contributed by atoms with Crippen LogP contribution in [0.25, 0.3) is 0 Å². The van der Waals surface area contributed by atoms with Gasteiger partial charge in [0, 0.05) is 43.0 Å². The number of carbonyl (C=O) groups is 1. The molecule has 5 nitrogen and oxygen atoms in total. The van der Waals surface area contributed by atoms with Gasteiger partial charge in [0.05, 0.1) is 5.56 Å². The first kappa shape index (κ1) is 14.5. The van der Waals surface area contributed by atoms with Crippen molar-refractivity contribution in [2.24, 2.45) is 0 Å². The second kappa shape index (κ2) is 7.04. The van der Waals surface area contributed by atoms with Crippen LogP contribution in [0.3, 0.4) is 0 Å². The highest BCUT2D eigenvalue weighted by atomic mass is 16.5. The van der Waals surface area contributed by atoms with Gasteiger partial charge in [0.1, 0.15) is 0 Å². The van der Waals surface area contributed by atoms with Crippen molar-refractivity contribution in [3.63, 3.8) is 0 Å². The minimum atomic E-state index is -0.154. The molecule has 2 N–H and O–H groups in total. The molecule has 1 fully saturated rings. The molecule has 22 heavy (non-hydrogen) atoms. The summed E-state index contributed by atoms with van der Waals surface area (Å²) in [6.45, 7) is 1.63. The lowest BCUT2D eigenvalue weighted by molar-refractivity contribution is 0.0904. The van der Waals surface area contributed by atoms with Crippen molar-refractivity contribution in [1.29, 1.82) is 0 Å². The zero-order valence-electron chi connectivity index (χ0n) is 12.3. The van der Waals surface area contributed by atoms with Gasteiger partial charge >= 0.3 is 0 Å². The monoisotopic (exact) mass is 297 g/mol. The Labute approximate surface area is 129 Å². The van der Waals surface area contributed by atoms with E-state index < -0.39 is 0 Å². The van der Waals surface area contributed by atoms with Crippen molar-refractivity contribution in [1.82, 2.24) is 4.98 Å². The van der Waals surface area contributed by atoms with Crippen LogP contribution in [0.2, 0.25) is 0 Å². The number of aromatic nitrogens is 1. The Hall–Kier alpha value is -2.40. The van der Waals surface area contributed by atoms with Gasteiger partial charge in [-0.3, -0.25) is 9.78 Å². The third-order valence-electron chi connectivity index (χ3n) is 3.66. The highest BCUT2D eigenvalue weighted by molar-refractivity contribution is 6.04. The number of nitrogens with one attached hydrogen (secondary N) is 2. The van der Waals surface area contributed by atoms with E-state index in [0.29, 0.717) is 11.6 Å². The predicted molar refractivity (Wildman–Crippen MR) is 86.1 cm³/mol. The molecule has 0 saturated carbocycles. The van der Waals surface area contributed by atoms with Gasteiger partial charge in [-0.15, -0.1) is 0 Å². The molecule has 0 radical (unpaired) electrons. The minimum Gasteiger partial charge on any atom is -0.382 e. The fourth-order valence-electron chi connectivity index (χ4n) is 2.43. The lowest BCUT2D eigenvalue weighted by Crippen LogP contribution is -2.27. The first-order valence-electron chi connectivity index (χ1n) is 7.47. The topological polar surface area (TPSA) is 63.2 Å². The smallest absolute Gasteiger partial charge is 0.257 e. The fourth-order valence-corrected chi connectivity index (χ4v) is 2.43. The van der Waals surface area contributed by atoms with Crippen LogP contribution in [0.5, 0.6) is 0 Å². The van der Waals surface area contributed by atoms with Crippen LogP contribution in [-0.4, -0.2) is 30.1 Å². The van der Waals surface area contributed by atoms with Crippen LogP contribution >= 0.6 is 0 Å². The van der Waals surface area contributed by atoms with E-state index in [0.717, 1.165) is 37.4 Å². The average Bonchev–Trinajstić information content (AvgIpc) is 2.58. The van der Waals surface area contributed by atoms with Crippen molar-refractivity contribution >= 4 is 17.3 Å². The Morgan fingerprint density at radius 2 is 1.82 bits per heavy atom. The predicted octanol–water partition coefficient (Wildman–Crippen LogP) is 2.92. The highest BCUT2D eigenvalue weighted by Crippen LogP contribution is 2.18. The van der Waals surface area contributed by atoms with Gasteiger partial charge in [-0.05, 0) is 49.2 Å². The molecule has 0 unspecified atom stereocenters. The SMILES string of the molecule is O=C(Nc1ccc(NC2CCOCC2)cc1)c1cccnc1. The summed E-state index contributed by atoms with van der Waals surface area (Å²) in [5.41, 5.74) is 2.38. The molecular weight excluding hydrogens is 278 g/mol. The minimum absolute atomic E-state index is 0.154. The van der Waals surface area contributed by atoms with Crippen LogP contribution in [0.15, 0.2) is 48.8 Å². The fraction of sp³-hybridized carbons (Fsp3) is 0.294. The normalized spacial score (nSPS) is 15.3. The van der Waals surface area contributed by atoms with Crippen LogP contribution in [-0.2, 0) is 4.74 Å². The molecule has 2 aromatic rings. The van der Waals surface area contributed by atoms with E-state index in [4.69, 9.17) is 4.74 Å². The van der Waals surface area contributed by atoms with E-state index in [-0.39, 0.29) is 5.91 Å². The summed E-state index contributed by atoms with van der Waals surface area (Å²) < 4.78 is 5.35. The van der Waals surface area contributed by atoms with Gasteiger partial charge in [0.15, 0.2) is 0 Å². The summed E-state index contributed by atoms with van der Waals surface area (Å²) in [6, 6.07) is 11.7. The number of hydrogen-bond acceptors (Lipinski definition) is 4. The Bertz CT molecular complexity index is 608. The Kier molecular flexibility index (Phi) is 4.65. The molecule has 1 aromatic heterocycles. The second-order valence-corrected chi connectivity index (χ2v) is 5.30. The van der Waals surface area contributed by atoms with Gasteiger partial charge in [0.2, 0.25) is 0 Å². The van der Waals surface area contributed by atoms with Gasteiger partial charge in [0.25, 0.3) is 5.91 Å². The zero-order valence-corrected chi connectivity index (χ0v) is 12.3. The van der Waals surface area contributed by atoms with E-state index in [1.165, 1.54) is 0 Å². The summed E-state index contributed by atoms with van der Waals surface area (Å²) in [7, 11) is 0. The number of ether oxygens (including phenoxy) is 1. The molecule has 1 aliphatic heterocycles. The summed E-state index contributed by atoms with van der Waals surface area (Å²) in [5, 5.41) is 6.35. The molecular formula is C17H19N3O2. The van der Waals surface area contributed by atoms with Gasteiger partial charge < -0.3 is 15.4 Å². The Morgan fingerprint density at radius 3 is 2.50 bits per heavy atom. The molecule has 1 amide bonds. The molecule has 3 rings (SSSR count). The third-order valence-corrected chi connectivity index (χ3v) is 3.66. The number of carbonyl (C=O) groups excluding carboxylic acids is 1. The molecule has 2 heterocycles. The van der Waals surface area contributed by atoms with Crippen molar-refractivity contribution in [3.05, 3.63) is 54.4 Å². The molecule has 114 valence electrons. The summed E-state index contributed by atoms with van der Waals surface area (Å²) in [6.07, 6.45) is 5.25. The molecule has 0 atom stereocenters. The zero-order chi connectivity index (χ0) is 15.2. The van der Waals surface area contributed by atoms with Crippen LogP contribution in [0.1, 0.15) is 23.2 Å². The number of nitrogens with zero attached hydrogens (tertiary/aromatic N) is 1. The quantitative estimate of drug-likeness (QED) is 0.911. The molecule has 5 heteroatoms.